The van der Waals surface area contributed by atoms with E-state index in [1.54, 1.807) is 28.9 Å². The van der Waals surface area contributed by atoms with Gasteiger partial charge in [-0.15, -0.1) is 0 Å². The molecule has 2 aromatic heterocycles. The highest BCUT2D eigenvalue weighted by molar-refractivity contribution is 5.57. The van der Waals surface area contributed by atoms with Gasteiger partial charge in [-0.25, -0.2) is 13.9 Å². The second-order valence-corrected chi connectivity index (χ2v) is 3.66. The van der Waals surface area contributed by atoms with Crippen LogP contribution in [0.3, 0.4) is 0 Å². The molecule has 1 aromatic carbocycles. The van der Waals surface area contributed by atoms with Crippen molar-refractivity contribution in [2.75, 3.05) is 0 Å². The van der Waals surface area contributed by atoms with E-state index in [0.717, 1.165) is 5.69 Å². The van der Waals surface area contributed by atoms with Crippen LogP contribution in [0.2, 0.25) is 0 Å². The minimum absolute atomic E-state index is 0.316. The van der Waals surface area contributed by atoms with Crippen LogP contribution in [0.15, 0.2) is 30.5 Å². The zero-order chi connectivity index (χ0) is 11.8. The molecule has 0 radical (unpaired) electrons. The van der Waals surface area contributed by atoms with Crippen LogP contribution in [-0.4, -0.2) is 19.6 Å². The predicted molar refractivity (Wildman–Crippen MR) is 60.6 cm³/mol. The van der Waals surface area contributed by atoms with Gasteiger partial charge in [0.2, 0.25) is 0 Å². The maximum Gasteiger partial charge on any atom is 0.251 e. The molecule has 2 heterocycles. The SMILES string of the molecule is NCc1cn2[nH]c(-c3ccccc3F)nc2n1. The molecule has 0 aliphatic rings. The zero-order valence-electron chi connectivity index (χ0n) is 8.89. The van der Waals surface area contributed by atoms with Gasteiger partial charge in [0.25, 0.3) is 5.78 Å². The first-order chi connectivity index (χ1) is 8.28. The summed E-state index contributed by atoms with van der Waals surface area (Å²) in [5, 5.41) is 2.95. The lowest BCUT2D eigenvalue weighted by atomic mass is 10.2. The summed E-state index contributed by atoms with van der Waals surface area (Å²) in [6.45, 7) is 0.353. The summed E-state index contributed by atoms with van der Waals surface area (Å²) in [6.07, 6.45) is 1.74. The first-order valence-electron chi connectivity index (χ1n) is 5.17. The summed E-state index contributed by atoms with van der Waals surface area (Å²) >= 11 is 0. The third-order valence-electron chi connectivity index (χ3n) is 2.51. The van der Waals surface area contributed by atoms with Crippen molar-refractivity contribution in [2.45, 2.75) is 6.54 Å². The predicted octanol–water partition coefficient (Wildman–Crippen LogP) is 1.32. The van der Waals surface area contributed by atoms with Gasteiger partial charge in [-0.2, -0.15) is 4.98 Å². The van der Waals surface area contributed by atoms with Crippen molar-refractivity contribution in [1.82, 2.24) is 19.6 Å². The van der Waals surface area contributed by atoms with E-state index in [4.69, 9.17) is 5.73 Å². The maximum atomic E-state index is 13.5. The quantitative estimate of drug-likeness (QED) is 0.698. The van der Waals surface area contributed by atoms with Gasteiger partial charge in [0.1, 0.15) is 5.82 Å². The van der Waals surface area contributed by atoms with Crippen LogP contribution >= 0.6 is 0 Å². The number of hydrogen-bond acceptors (Lipinski definition) is 3. The van der Waals surface area contributed by atoms with Crippen LogP contribution in [0.1, 0.15) is 5.69 Å². The molecule has 0 aliphatic carbocycles. The Morgan fingerprint density at radius 3 is 2.82 bits per heavy atom. The number of nitrogens with one attached hydrogen (secondary N) is 1. The maximum absolute atomic E-state index is 13.5. The molecule has 5 nitrogen and oxygen atoms in total. The topological polar surface area (TPSA) is 72.0 Å². The first-order valence-corrected chi connectivity index (χ1v) is 5.17. The molecule has 17 heavy (non-hydrogen) atoms. The molecule has 0 saturated carbocycles. The standard InChI is InChI=1S/C11H10FN5/c12-9-4-2-1-3-8(9)10-15-11-14-7(5-13)6-17(11)16-10/h1-4,6H,5,13H2,(H,14,15,16). The van der Waals surface area contributed by atoms with Crippen molar-refractivity contribution in [1.29, 1.82) is 0 Å². The number of fused-ring (bicyclic) bond motifs is 1. The summed E-state index contributed by atoms with van der Waals surface area (Å²) in [5.41, 5.74) is 6.63. The second kappa shape index (κ2) is 3.67. The van der Waals surface area contributed by atoms with E-state index in [9.17, 15) is 4.39 Å². The zero-order valence-corrected chi connectivity index (χ0v) is 8.89. The molecule has 6 heteroatoms. The van der Waals surface area contributed by atoms with Crippen LogP contribution in [0.25, 0.3) is 17.2 Å². The number of aromatic amines is 1. The average Bonchev–Trinajstić information content (AvgIpc) is 2.86. The summed E-state index contributed by atoms with van der Waals surface area (Å²) in [4.78, 5) is 8.39. The number of hydrogen-bond donors (Lipinski definition) is 2. The van der Waals surface area contributed by atoms with Gasteiger partial charge < -0.3 is 5.73 Å². The van der Waals surface area contributed by atoms with Gasteiger partial charge in [-0.05, 0) is 12.1 Å². The van der Waals surface area contributed by atoms with Gasteiger partial charge in [0.05, 0.1) is 17.5 Å². The third-order valence-corrected chi connectivity index (χ3v) is 2.51. The van der Waals surface area contributed by atoms with Gasteiger partial charge in [0.15, 0.2) is 5.82 Å². The lowest BCUT2D eigenvalue weighted by Gasteiger charge is -1.96. The molecule has 0 fully saturated rings. The van der Waals surface area contributed by atoms with Crippen molar-refractivity contribution >= 4 is 5.78 Å². The van der Waals surface area contributed by atoms with Gasteiger partial charge >= 0.3 is 0 Å². The molecule has 3 N–H and O–H groups in total. The number of imidazole rings is 1. The highest BCUT2D eigenvalue weighted by Crippen LogP contribution is 2.19. The lowest BCUT2D eigenvalue weighted by Crippen LogP contribution is -1.96. The fourth-order valence-corrected chi connectivity index (χ4v) is 1.69. The van der Waals surface area contributed by atoms with Crippen LogP contribution in [0, 0.1) is 5.82 Å². The molecular formula is C11H10FN5. The first kappa shape index (κ1) is 9.98. The molecule has 3 rings (SSSR count). The lowest BCUT2D eigenvalue weighted by molar-refractivity contribution is 0.630. The van der Waals surface area contributed by atoms with E-state index in [0.29, 0.717) is 23.7 Å². The molecule has 0 aliphatic heterocycles. The number of nitrogens with two attached hydrogens (primary N) is 1. The van der Waals surface area contributed by atoms with Crippen molar-refractivity contribution in [3.63, 3.8) is 0 Å². The van der Waals surface area contributed by atoms with E-state index in [-0.39, 0.29) is 5.82 Å². The molecule has 86 valence electrons. The summed E-state index contributed by atoms with van der Waals surface area (Å²) in [5.74, 6) is 0.626. The Morgan fingerprint density at radius 2 is 2.12 bits per heavy atom. The van der Waals surface area contributed by atoms with E-state index >= 15 is 0 Å². The van der Waals surface area contributed by atoms with Crippen molar-refractivity contribution in [3.8, 4) is 11.4 Å². The number of aromatic nitrogens is 4. The van der Waals surface area contributed by atoms with E-state index < -0.39 is 0 Å². The molecule has 0 atom stereocenters. The second-order valence-electron chi connectivity index (χ2n) is 3.66. The summed E-state index contributed by atoms with van der Waals surface area (Å²) in [6, 6.07) is 6.46. The Hall–Kier alpha value is -2.21. The molecule has 0 amide bonds. The Bertz CT molecular complexity index is 638. The summed E-state index contributed by atoms with van der Waals surface area (Å²) in [7, 11) is 0. The molecular weight excluding hydrogens is 221 g/mol. The number of rotatable bonds is 2. The average molecular weight is 231 g/mol. The number of halogens is 1. The molecule has 0 bridgehead atoms. The van der Waals surface area contributed by atoms with Crippen molar-refractivity contribution < 1.29 is 4.39 Å². The molecule has 0 spiro atoms. The van der Waals surface area contributed by atoms with Crippen LogP contribution < -0.4 is 5.73 Å². The van der Waals surface area contributed by atoms with Crippen LogP contribution in [0.4, 0.5) is 4.39 Å². The Morgan fingerprint density at radius 1 is 1.29 bits per heavy atom. The third kappa shape index (κ3) is 1.58. The van der Waals surface area contributed by atoms with Gasteiger partial charge in [-0.3, -0.25) is 5.10 Å². The van der Waals surface area contributed by atoms with Crippen molar-refractivity contribution in [3.05, 3.63) is 42.0 Å². The van der Waals surface area contributed by atoms with Gasteiger partial charge in [0, 0.05) is 6.54 Å². The van der Waals surface area contributed by atoms with E-state index in [2.05, 4.69) is 15.1 Å². The monoisotopic (exact) mass is 231 g/mol. The highest BCUT2D eigenvalue weighted by atomic mass is 19.1. The summed E-state index contributed by atoms with van der Waals surface area (Å²) < 4.78 is 15.2. The van der Waals surface area contributed by atoms with E-state index in [1.807, 2.05) is 0 Å². The number of benzene rings is 1. The normalized spacial score (nSPS) is 11.2. The highest BCUT2D eigenvalue weighted by Gasteiger charge is 2.10. The number of H-pyrrole nitrogens is 1. The Balaban J connectivity index is 2.13. The van der Waals surface area contributed by atoms with Crippen LogP contribution in [-0.2, 0) is 6.54 Å². The van der Waals surface area contributed by atoms with Crippen molar-refractivity contribution in [2.24, 2.45) is 5.73 Å². The Labute approximate surface area is 96.1 Å². The smallest absolute Gasteiger partial charge is 0.251 e. The largest absolute Gasteiger partial charge is 0.325 e. The number of nitrogens with zero attached hydrogens (tertiary/aromatic N) is 3. The Kier molecular flexibility index (Phi) is 2.15. The molecule has 0 unspecified atom stereocenters. The minimum atomic E-state index is -0.316. The van der Waals surface area contributed by atoms with Crippen LogP contribution in [0.5, 0.6) is 0 Å². The van der Waals surface area contributed by atoms with Gasteiger partial charge in [-0.1, -0.05) is 12.1 Å². The van der Waals surface area contributed by atoms with E-state index in [1.165, 1.54) is 6.07 Å². The molecule has 3 aromatic rings. The molecule has 0 saturated heterocycles. The fourth-order valence-electron chi connectivity index (χ4n) is 1.69. The minimum Gasteiger partial charge on any atom is -0.325 e. The fraction of sp³-hybridized carbons (Fsp3) is 0.0909.